The summed E-state index contributed by atoms with van der Waals surface area (Å²) in [5.41, 5.74) is 2.20. The summed E-state index contributed by atoms with van der Waals surface area (Å²) in [6, 6.07) is 14.2. The highest BCUT2D eigenvalue weighted by atomic mass is 19.1. The SMILES string of the molecule is Fc1ccccc1Cc1nc(Nc2ccccn2)cc2[nH]ncc12. The van der Waals surface area contributed by atoms with Crippen LogP contribution >= 0.6 is 0 Å². The third kappa shape index (κ3) is 2.81. The van der Waals surface area contributed by atoms with Crippen molar-refractivity contribution in [2.45, 2.75) is 6.42 Å². The Hall–Kier alpha value is -3.28. The number of nitrogens with zero attached hydrogens (tertiary/aromatic N) is 3. The monoisotopic (exact) mass is 319 g/mol. The van der Waals surface area contributed by atoms with Gasteiger partial charge in [0.25, 0.3) is 0 Å². The Morgan fingerprint density at radius 3 is 2.75 bits per heavy atom. The van der Waals surface area contributed by atoms with E-state index in [1.54, 1.807) is 24.5 Å². The first-order chi connectivity index (χ1) is 11.8. The molecule has 6 heteroatoms. The van der Waals surface area contributed by atoms with Gasteiger partial charge in [0.2, 0.25) is 0 Å². The van der Waals surface area contributed by atoms with Gasteiger partial charge in [-0.2, -0.15) is 5.10 Å². The summed E-state index contributed by atoms with van der Waals surface area (Å²) in [5, 5.41) is 11.1. The topological polar surface area (TPSA) is 66.5 Å². The average Bonchev–Trinajstić information content (AvgIpc) is 3.07. The minimum absolute atomic E-state index is 0.237. The molecular weight excluding hydrogens is 305 g/mol. The van der Waals surface area contributed by atoms with E-state index in [1.165, 1.54) is 6.07 Å². The van der Waals surface area contributed by atoms with Crippen LogP contribution in [0.3, 0.4) is 0 Å². The fourth-order valence-corrected chi connectivity index (χ4v) is 2.60. The van der Waals surface area contributed by atoms with Crippen LogP contribution in [0.4, 0.5) is 16.0 Å². The molecule has 2 N–H and O–H groups in total. The number of halogens is 1. The second-order valence-electron chi connectivity index (χ2n) is 5.39. The molecule has 5 nitrogen and oxygen atoms in total. The van der Waals surface area contributed by atoms with Crippen LogP contribution in [-0.4, -0.2) is 20.2 Å². The van der Waals surface area contributed by atoms with Gasteiger partial charge in [0, 0.05) is 24.1 Å². The molecule has 0 aliphatic heterocycles. The zero-order valence-electron chi connectivity index (χ0n) is 12.7. The Morgan fingerprint density at radius 2 is 1.92 bits per heavy atom. The van der Waals surface area contributed by atoms with Crippen molar-refractivity contribution in [3.05, 3.63) is 78.0 Å². The van der Waals surface area contributed by atoms with E-state index in [1.807, 2.05) is 30.3 Å². The van der Waals surface area contributed by atoms with Crippen LogP contribution in [0.5, 0.6) is 0 Å². The first-order valence-electron chi connectivity index (χ1n) is 7.54. The van der Waals surface area contributed by atoms with Crippen molar-refractivity contribution in [2.75, 3.05) is 5.32 Å². The first kappa shape index (κ1) is 14.3. The van der Waals surface area contributed by atoms with Crippen molar-refractivity contribution in [2.24, 2.45) is 0 Å². The van der Waals surface area contributed by atoms with Crippen LogP contribution in [0.15, 0.2) is 60.9 Å². The maximum absolute atomic E-state index is 14.0. The molecule has 118 valence electrons. The van der Waals surface area contributed by atoms with Gasteiger partial charge in [-0.3, -0.25) is 5.10 Å². The van der Waals surface area contributed by atoms with E-state index in [0.717, 1.165) is 16.6 Å². The highest BCUT2D eigenvalue weighted by Crippen LogP contribution is 2.23. The van der Waals surface area contributed by atoms with E-state index in [2.05, 4.69) is 25.5 Å². The van der Waals surface area contributed by atoms with Crippen molar-refractivity contribution >= 4 is 22.5 Å². The predicted octanol–water partition coefficient (Wildman–Crippen LogP) is 3.83. The van der Waals surface area contributed by atoms with Gasteiger partial charge < -0.3 is 5.32 Å². The Bertz CT molecular complexity index is 981. The van der Waals surface area contributed by atoms with Crippen LogP contribution in [0, 0.1) is 5.82 Å². The number of aromatic nitrogens is 4. The lowest BCUT2D eigenvalue weighted by Gasteiger charge is -2.09. The van der Waals surface area contributed by atoms with Gasteiger partial charge >= 0.3 is 0 Å². The first-order valence-corrected chi connectivity index (χ1v) is 7.54. The number of aromatic amines is 1. The summed E-state index contributed by atoms with van der Waals surface area (Å²) in [5.74, 6) is 1.09. The van der Waals surface area contributed by atoms with E-state index in [9.17, 15) is 4.39 Å². The number of hydrogen-bond donors (Lipinski definition) is 2. The lowest BCUT2D eigenvalue weighted by molar-refractivity contribution is 0.613. The van der Waals surface area contributed by atoms with Gasteiger partial charge in [-0.25, -0.2) is 14.4 Å². The van der Waals surface area contributed by atoms with Crippen LogP contribution in [-0.2, 0) is 6.42 Å². The number of anilines is 2. The molecule has 0 bridgehead atoms. The van der Waals surface area contributed by atoms with Crippen LogP contribution in [0.2, 0.25) is 0 Å². The third-order valence-electron chi connectivity index (χ3n) is 3.75. The zero-order valence-corrected chi connectivity index (χ0v) is 12.7. The Balaban J connectivity index is 1.74. The summed E-state index contributed by atoms with van der Waals surface area (Å²) < 4.78 is 14.0. The maximum Gasteiger partial charge on any atom is 0.133 e. The molecule has 0 saturated heterocycles. The maximum atomic E-state index is 14.0. The predicted molar refractivity (Wildman–Crippen MR) is 90.6 cm³/mol. The summed E-state index contributed by atoms with van der Waals surface area (Å²) in [4.78, 5) is 8.86. The normalized spacial score (nSPS) is 10.9. The smallest absolute Gasteiger partial charge is 0.133 e. The zero-order chi connectivity index (χ0) is 16.4. The molecule has 0 atom stereocenters. The number of nitrogens with one attached hydrogen (secondary N) is 2. The van der Waals surface area contributed by atoms with E-state index >= 15 is 0 Å². The molecule has 0 unspecified atom stereocenters. The van der Waals surface area contributed by atoms with Gasteiger partial charge in [0.1, 0.15) is 17.5 Å². The van der Waals surface area contributed by atoms with Gasteiger partial charge in [0.15, 0.2) is 0 Å². The molecule has 24 heavy (non-hydrogen) atoms. The van der Waals surface area contributed by atoms with E-state index in [4.69, 9.17) is 0 Å². The molecule has 0 fully saturated rings. The molecule has 4 aromatic rings. The lowest BCUT2D eigenvalue weighted by Crippen LogP contribution is -2.01. The van der Waals surface area contributed by atoms with E-state index in [-0.39, 0.29) is 5.82 Å². The molecule has 0 radical (unpaired) electrons. The van der Waals surface area contributed by atoms with Crippen LogP contribution in [0.25, 0.3) is 10.9 Å². The van der Waals surface area contributed by atoms with Crippen LogP contribution in [0.1, 0.15) is 11.3 Å². The average molecular weight is 319 g/mol. The summed E-state index contributed by atoms with van der Waals surface area (Å²) in [6.07, 6.45) is 3.81. The minimum atomic E-state index is -0.237. The molecule has 3 heterocycles. The third-order valence-corrected chi connectivity index (χ3v) is 3.75. The van der Waals surface area contributed by atoms with E-state index in [0.29, 0.717) is 23.6 Å². The van der Waals surface area contributed by atoms with Gasteiger partial charge in [0.05, 0.1) is 17.4 Å². The van der Waals surface area contributed by atoms with Gasteiger partial charge in [-0.15, -0.1) is 0 Å². The number of hydrogen-bond acceptors (Lipinski definition) is 4. The Labute approximate surface area is 137 Å². The van der Waals surface area contributed by atoms with Crippen molar-refractivity contribution in [3.63, 3.8) is 0 Å². The Kier molecular flexibility index (Phi) is 3.63. The molecule has 3 aromatic heterocycles. The molecule has 0 saturated carbocycles. The van der Waals surface area contributed by atoms with E-state index < -0.39 is 0 Å². The lowest BCUT2D eigenvalue weighted by atomic mass is 10.1. The fourth-order valence-electron chi connectivity index (χ4n) is 2.60. The molecule has 0 spiro atoms. The fraction of sp³-hybridized carbons (Fsp3) is 0.0556. The Morgan fingerprint density at radius 1 is 1.04 bits per heavy atom. The molecule has 0 aliphatic carbocycles. The standard InChI is InChI=1S/C18H14FN5/c19-14-6-2-1-5-12(14)9-15-13-11-21-24-16(13)10-18(22-15)23-17-7-3-4-8-20-17/h1-8,10-11H,9H2,(H,21,24)(H,20,22,23). The summed E-state index contributed by atoms with van der Waals surface area (Å²) in [7, 11) is 0. The van der Waals surface area contributed by atoms with Crippen LogP contribution < -0.4 is 5.32 Å². The van der Waals surface area contributed by atoms with Crippen molar-refractivity contribution < 1.29 is 4.39 Å². The number of fused-ring (bicyclic) bond motifs is 1. The number of benzene rings is 1. The molecule has 1 aromatic carbocycles. The largest absolute Gasteiger partial charge is 0.325 e. The second kappa shape index (κ2) is 6.08. The molecule has 0 aliphatic rings. The molecular formula is C18H14FN5. The van der Waals surface area contributed by atoms with Gasteiger partial charge in [-0.05, 0) is 23.8 Å². The molecule has 0 amide bonds. The minimum Gasteiger partial charge on any atom is -0.325 e. The highest BCUT2D eigenvalue weighted by molar-refractivity contribution is 5.83. The summed E-state index contributed by atoms with van der Waals surface area (Å²) in [6.45, 7) is 0. The van der Waals surface area contributed by atoms with Crippen molar-refractivity contribution in [1.29, 1.82) is 0 Å². The second-order valence-corrected chi connectivity index (χ2v) is 5.39. The number of H-pyrrole nitrogens is 1. The number of rotatable bonds is 4. The quantitative estimate of drug-likeness (QED) is 0.600. The molecule has 4 rings (SSSR count). The highest BCUT2D eigenvalue weighted by Gasteiger charge is 2.11. The van der Waals surface area contributed by atoms with Crippen molar-refractivity contribution in [1.82, 2.24) is 20.2 Å². The number of pyridine rings is 2. The van der Waals surface area contributed by atoms with Gasteiger partial charge in [-0.1, -0.05) is 24.3 Å². The summed E-state index contributed by atoms with van der Waals surface area (Å²) >= 11 is 0. The van der Waals surface area contributed by atoms with Crippen molar-refractivity contribution in [3.8, 4) is 0 Å².